The zero-order chi connectivity index (χ0) is 16.5. The molecule has 1 N–H and O–H groups in total. The van der Waals surface area contributed by atoms with Gasteiger partial charge in [-0.2, -0.15) is 0 Å². The van der Waals surface area contributed by atoms with Gasteiger partial charge in [0.25, 0.3) is 0 Å². The van der Waals surface area contributed by atoms with E-state index in [0.717, 1.165) is 18.4 Å². The van der Waals surface area contributed by atoms with Crippen molar-refractivity contribution in [2.45, 2.75) is 63.9 Å². The summed E-state index contributed by atoms with van der Waals surface area (Å²) in [6.07, 6.45) is 1.89. The Morgan fingerprint density at radius 1 is 1.41 bits per heavy atom. The minimum atomic E-state index is -1.23. The Kier molecular flexibility index (Phi) is 5.09. The van der Waals surface area contributed by atoms with Crippen LogP contribution in [0.1, 0.15) is 64.6 Å². The zero-order valence-electron chi connectivity index (χ0n) is 14.0. The molecule has 1 unspecified atom stereocenters. The second-order valence-electron chi connectivity index (χ2n) is 6.88. The first kappa shape index (κ1) is 17.6. The fraction of sp³-hybridized carbons (Fsp3) is 0.647. The summed E-state index contributed by atoms with van der Waals surface area (Å²) in [6, 6.07) is 4.97. The molecule has 1 fully saturated rings. The van der Waals surface area contributed by atoms with Crippen molar-refractivity contribution in [3.05, 3.63) is 35.1 Å². The van der Waals surface area contributed by atoms with E-state index in [2.05, 4.69) is 4.72 Å². The van der Waals surface area contributed by atoms with Crippen LogP contribution < -0.4 is 4.72 Å². The summed E-state index contributed by atoms with van der Waals surface area (Å²) < 4.78 is 34.9. The maximum Gasteiger partial charge on any atom is 0.128 e. The molecule has 1 aromatic rings. The molecule has 3 nitrogen and oxygen atoms in total. The van der Waals surface area contributed by atoms with Crippen molar-refractivity contribution in [1.82, 2.24) is 4.72 Å². The maximum absolute atomic E-state index is 14.5. The van der Waals surface area contributed by atoms with Crippen LogP contribution in [0.15, 0.2) is 18.2 Å². The van der Waals surface area contributed by atoms with Crippen LogP contribution in [0.2, 0.25) is 0 Å². The minimum Gasteiger partial charge on any atom is -0.371 e. The molecule has 0 aliphatic heterocycles. The van der Waals surface area contributed by atoms with Crippen LogP contribution in [0.3, 0.4) is 0 Å². The molecule has 1 aromatic carbocycles. The molecular formula is C17H26FNO2S. The molecule has 22 heavy (non-hydrogen) atoms. The number of hydrogen-bond acceptors (Lipinski definition) is 2. The van der Waals surface area contributed by atoms with Gasteiger partial charge in [-0.15, -0.1) is 0 Å². The van der Waals surface area contributed by atoms with E-state index in [-0.39, 0.29) is 22.2 Å². The summed E-state index contributed by atoms with van der Waals surface area (Å²) in [5.74, 6) is -0.269. The molecule has 0 bridgehead atoms. The maximum atomic E-state index is 14.5. The number of benzene rings is 1. The molecule has 0 saturated heterocycles. The van der Waals surface area contributed by atoms with E-state index in [9.17, 15) is 8.60 Å². The highest BCUT2D eigenvalue weighted by Gasteiger charge is 2.45. The molecule has 0 heterocycles. The normalized spacial score (nSPS) is 19.7. The van der Waals surface area contributed by atoms with Crippen molar-refractivity contribution < 1.29 is 13.3 Å². The van der Waals surface area contributed by atoms with Gasteiger partial charge in [0.2, 0.25) is 0 Å². The average Bonchev–Trinajstić information content (AvgIpc) is 3.18. The standard InChI is InChI=1S/C17H26FNO2S/c1-6-21-17(9-10-17)13-7-8-14(15(18)11-13)12(2)19-22(20)16(3,4)5/h7-8,11-12,19H,6,9-10H2,1-5H3/t12-,22?/m0/s1. The Balaban J connectivity index is 2.15. The molecule has 1 aliphatic carbocycles. The largest absolute Gasteiger partial charge is 0.371 e. The van der Waals surface area contributed by atoms with Crippen molar-refractivity contribution in [3.63, 3.8) is 0 Å². The third kappa shape index (κ3) is 3.76. The van der Waals surface area contributed by atoms with Gasteiger partial charge in [-0.05, 0) is 59.1 Å². The molecule has 0 amide bonds. The van der Waals surface area contributed by atoms with Gasteiger partial charge in [-0.1, -0.05) is 12.1 Å². The third-order valence-electron chi connectivity index (χ3n) is 3.96. The first-order valence-corrected chi connectivity index (χ1v) is 8.96. The first-order valence-electron chi connectivity index (χ1n) is 7.81. The smallest absolute Gasteiger partial charge is 0.128 e. The summed E-state index contributed by atoms with van der Waals surface area (Å²) in [6.45, 7) is 10.1. The lowest BCUT2D eigenvalue weighted by atomic mass is 10.0. The van der Waals surface area contributed by atoms with E-state index >= 15 is 0 Å². The van der Waals surface area contributed by atoms with Gasteiger partial charge < -0.3 is 4.74 Å². The fourth-order valence-electron chi connectivity index (χ4n) is 2.47. The van der Waals surface area contributed by atoms with Crippen LogP contribution in [0, 0.1) is 5.82 Å². The number of hydrogen-bond donors (Lipinski definition) is 1. The van der Waals surface area contributed by atoms with Gasteiger partial charge in [0.1, 0.15) is 5.82 Å². The van der Waals surface area contributed by atoms with Crippen LogP contribution in [-0.2, 0) is 21.3 Å². The molecular weight excluding hydrogens is 301 g/mol. The highest BCUT2D eigenvalue weighted by Crippen LogP contribution is 2.49. The SMILES string of the molecule is CCOC1(c2ccc([C@H](C)NS(=O)C(C)(C)C)c(F)c2)CC1. The van der Waals surface area contributed by atoms with E-state index in [1.165, 1.54) is 0 Å². The predicted octanol–water partition coefficient (Wildman–Crippen LogP) is 3.96. The second-order valence-corrected chi connectivity index (χ2v) is 8.88. The van der Waals surface area contributed by atoms with Crippen molar-refractivity contribution in [2.75, 3.05) is 6.61 Å². The van der Waals surface area contributed by atoms with Gasteiger partial charge in [-0.25, -0.2) is 13.3 Å². The number of nitrogens with one attached hydrogen (secondary N) is 1. The van der Waals surface area contributed by atoms with Gasteiger partial charge in [0, 0.05) is 18.2 Å². The molecule has 5 heteroatoms. The van der Waals surface area contributed by atoms with Gasteiger partial charge >= 0.3 is 0 Å². The van der Waals surface area contributed by atoms with Gasteiger partial charge in [0.15, 0.2) is 0 Å². The van der Waals surface area contributed by atoms with Crippen molar-refractivity contribution in [2.24, 2.45) is 0 Å². The topological polar surface area (TPSA) is 38.3 Å². The summed E-state index contributed by atoms with van der Waals surface area (Å²) in [4.78, 5) is 0. The van der Waals surface area contributed by atoms with Crippen LogP contribution >= 0.6 is 0 Å². The van der Waals surface area contributed by atoms with E-state index in [1.807, 2.05) is 40.7 Å². The second kappa shape index (κ2) is 6.38. The lowest BCUT2D eigenvalue weighted by Gasteiger charge is -2.23. The van der Waals surface area contributed by atoms with E-state index in [1.54, 1.807) is 12.1 Å². The fourth-order valence-corrected chi connectivity index (χ4v) is 3.27. The van der Waals surface area contributed by atoms with E-state index < -0.39 is 11.0 Å². The van der Waals surface area contributed by atoms with Crippen LogP contribution in [-0.4, -0.2) is 15.6 Å². The van der Waals surface area contributed by atoms with Crippen molar-refractivity contribution >= 4 is 11.0 Å². The molecule has 1 saturated carbocycles. The van der Waals surface area contributed by atoms with Crippen molar-refractivity contribution in [3.8, 4) is 0 Å². The number of halogens is 1. The highest BCUT2D eigenvalue weighted by molar-refractivity contribution is 7.84. The molecule has 2 atom stereocenters. The molecule has 0 radical (unpaired) electrons. The predicted molar refractivity (Wildman–Crippen MR) is 88.4 cm³/mol. The molecule has 0 spiro atoms. The Morgan fingerprint density at radius 3 is 2.50 bits per heavy atom. The van der Waals surface area contributed by atoms with Gasteiger partial charge in [0.05, 0.1) is 21.3 Å². The first-order chi connectivity index (χ1) is 10.2. The quantitative estimate of drug-likeness (QED) is 0.859. The lowest BCUT2D eigenvalue weighted by Crippen LogP contribution is -2.35. The summed E-state index contributed by atoms with van der Waals surface area (Å²) in [7, 11) is -1.23. The molecule has 1 aliphatic rings. The van der Waals surface area contributed by atoms with E-state index in [4.69, 9.17) is 4.74 Å². The summed E-state index contributed by atoms with van der Waals surface area (Å²) >= 11 is 0. The van der Waals surface area contributed by atoms with Crippen molar-refractivity contribution in [1.29, 1.82) is 0 Å². The minimum absolute atomic E-state index is 0.269. The zero-order valence-corrected chi connectivity index (χ0v) is 14.8. The summed E-state index contributed by atoms with van der Waals surface area (Å²) in [5.41, 5.74) is 1.16. The molecule has 124 valence electrons. The number of rotatable bonds is 6. The Hall–Kier alpha value is -0.780. The Labute approximate surface area is 135 Å². The Bertz CT molecular complexity index is 564. The average molecular weight is 327 g/mol. The highest BCUT2D eigenvalue weighted by atomic mass is 32.2. The number of ether oxygens (including phenoxy) is 1. The van der Waals surface area contributed by atoms with Gasteiger partial charge in [-0.3, -0.25) is 0 Å². The van der Waals surface area contributed by atoms with E-state index in [0.29, 0.717) is 12.2 Å². The Morgan fingerprint density at radius 2 is 2.05 bits per heavy atom. The monoisotopic (exact) mass is 327 g/mol. The van der Waals surface area contributed by atoms with Crippen LogP contribution in [0.4, 0.5) is 4.39 Å². The lowest BCUT2D eigenvalue weighted by molar-refractivity contribution is 0.0393. The molecule has 2 rings (SSSR count). The molecule has 0 aromatic heterocycles. The van der Waals surface area contributed by atoms with Crippen LogP contribution in [0.25, 0.3) is 0 Å². The summed E-state index contributed by atoms with van der Waals surface area (Å²) in [5, 5.41) is 0. The van der Waals surface area contributed by atoms with Crippen LogP contribution in [0.5, 0.6) is 0 Å². The third-order valence-corrected chi connectivity index (χ3v) is 5.64.